The van der Waals surface area contributed by atoms with E-state index in [1.54, 1.807) is 6.20 Å². The highest BCUT2D eigenvalue weighted by molar-refractivity contribution is 6.05. The Hall–Kier alpha value is -3.33. The molecule has 0 amide bonds. The van der Waals surface area contributed by atoms with Crippen LogP contribution in [0, 0.1) is 20.8 Å². The molecule has 0 unspecified atom stereocenters. The molecular weight excluding hydrogens is 380 g/mol. The highest BCUT2D eigenvalue weighted by atomic mass is 16.5. The van der Waals surface area contributed by atoms with E-state index in [1.165, 1.54) is 33.2 Å². The van der Waals surface area contributed by atoms with E-state index in [-0.39, 0.29) is 5.41 Å². The van der Waals surface area contributed by atoms with Crippen LogP contribution in [-0.4, -0.2) is 4.98 Å². The van der Waals surface area contributed by atoms with E-state index in [2.05, 4.69) is 100.0 Å². The molecular formula is C28H28N2O. The zero-order valence-corrected chi connectivity index (χ0v) is 19.1. The Bertz CT molecular complexity index is 1310. The van der Waals surface area contributed by atoms with E-state index in [1.807, 2.05) is 6.07 Å². The molecule has 31 heavy (non-hydrogen) atoms. The van der Waals surface area contributed by atoms with Gasteiger partial charge in [-0.1, -0.05) is 57.2 Å². The predicted molar refractivity (Wildman–Crippen MR) is 129 cm³/mol. The highest BCUT2D eigenvalue weighted by Gasteiger charge is 2.32. The highest BCUT2D eigenvalue weighted by Crippen LogP contribution is 2.54. The van der Waals surface area contributed by atoms with Gasteiger partial charge in [-0.05, 0) is 72.0 Å². The fraction of sp³-hybridized carbons (Fsp3) is 0.250. The average Bonchev–Trinajstić information content (AvgIpc) is 2.72. The number of anilines is 3. The molecule has 0 radical (unpaired) electrons. The molecule has 3 heteroatoms. The lowest BCUT2D eigenvalue weighted by Gasteiger charge is -2.36. The van der Waals surface area contributed by atoms with E-state index in [0.29, 0.717) is 5.88 Å². The molecule has 0 N–H and O–H groups in total. The molecule has 1 aromatic heterocycles. The van der Waals surface area contributed by atoms with E-state index < -0.39 is 0 Å². The summed E-state index contributed by atoms with van der Waals surface area (Å²) in [5, 5.41) is 2.39. The molecule has 0 saturated carbocycles. The molecule has 0 saturated heterocycles. The number of nitrogens with zero attached hydrogens (tertiary/aromatic N) is 2. The van der Waals surface area contributed by atoms with Crippen LogP contribution in [-0.2, 0) is 5.41 Å². The van der Waals surface area contributed by atoms with Crippen LogP contribution in [0.3, 0.4) is 0 Å². The van der Waals surface area contributed by atoms with Crippen LogP contribution in [0.25, 0.3) is 10.8 Å². The van der Waals surface area contributed by atoms with Crippen LogP contribution in [0.15, 0.2) is 60.8 Å². The van der Waals surface area contributed by atoms with E-state index in [0.717, 1.165) is 22.7 Å². The summed E-state index contributed by atoms with van der Waals surface area (Å²) < 4.78 is 6.37. The van der Waals surface area contributed by atoms with Crippen molar-refractivity contribution in [3.05, 3.63) is 83.0 Å². The second-order valence-electron chi connectivity index (χ2n) is 9.57. The lowest BCUT2D eigenvalue weighted by atomic mass is 9.84. The standard InChI is InChI=1S/C28H28N2O/c1-17-15-21(28(4,5)6)16-18(2)24(17)30-23-12-9-13-29-27(23)31-26-19(3)14-20-10-7-8-11-22(20)25(26)30/h7-16H,1-6H3. The molecule has 2 heterocycles. The van der Waals surface area contributed by atoms with Crippen molar-refractivity contribution in [1.29, 1.82) is 0 Å². The number of rotatable bonds is 1. The average molecular weight is 409 g/mol. The molecule has 0 spiro atoms. The van der Waals surface area contributed by atoms with Crippen molar-refractivity contribution in [3.8, 4) is 11.6 Å². The third-order valence-corrected chi connectivity index (χ3v) is 6.16. The van der Waals surface area contributed by atoms with Crippen LogP contribution in [0.5, 0.6) is 11.6 Å². The van der Waals surface area contributed by atoms with Crippen molar-refractivity contribution in [3.63, 3.8) is 0 Å². The Balaban J connectivity index is 1.87. The number of hydrogen-bond donors (Lipinski definition) is 0. The number of pyridine rings is 1. The zero-order valence-electron chi connectivity index (χ0n) is 19.1. The number of fused-ring (bicyclic) bond motifs is 4. The summed E-state index contributed by atoms with van der Waals surface area (Å²) >= 11 is 0. The summed E-state index contributed by atoms with van der Waals surface area (Å²) in [6, 6.07) is 19.5. The molecule has 0 atom stereocenters. The minimum absolute atomic E-state index is 0.0969. The first-order valence-corrected chi connectivity index (χ1v) is 10.8. The second-order valence-corrected chi connectivity index (χ2v) is 9.57. The number of benzene rings is 3. The molecule has 5 rings (SSSR count). The molecule has 3 aromatic carbocycles. The maximum Gasteiger partial charge on any atom is 0.243 e. The van der Waals surface area contributed by atoms with Crippen LogP contribution in [0.2, 0.25) is 0 Å². The molecule has 0 bridgehead atoms. The summed E-state index contributed by atoms with van der Waals surface area (Å²) in [5.41, 5.74) is 8.31. The van der Waals surface area contributed by atoms with Gasteiger partial charge >= 0.3 is 0 Å². The van der Waals surface area contributed by atoms with E-state index >= 15 is 0 Å². The summed E-state index contributed by atoms with van der Waals surface area (Å²) in [7, 11) is 0. The third kappa shape index (κ3) is 3.07. The predicted octanol–water partition coefficient (Wildman–Crippen LogP) is 8.03. The molecule has 0 fully saturated rings. The first-order chi connectivity index (χ1) is 14.8. The van der Waals surface area contributed by atoms with Gasteiger partial charge in [0.2, 0.25) is 5.88 Å². The summed E-state index contributed by atoms with van der Waals surface area (Å²) in [5.74, 6) is 1.52. The minimum Gasteiger partial charge on any atom is -0.435 e. The molecule has 1 aliphatic heterocycles. The lowest BCUT2D eigenvalue weighted by molar-refractivity contribution is 0.455. The Morgan fingerprint density at radius 1 is 0.806 bits per heavy atom. The van der Waals surface area contributed by atoms with Crippen LogP contribution in [0.1, 0.15) is 43.0 Å². The van der Waals surface area contributed by atoms with Crippen molar-refractivity contribution in [1.82, 2.24) is 4.98 Å². The molecule has 4 aromatic rings. The van der Waals surface area contributed by atoms with Crippen molar-refractivity contribution in [2.24, 2.45) is 0 Å². The van der Waals surface area contributed by atoms with Crippen molar-refractivity contribution < 1.29 is 4.74 Å². The van der Waals surface area contributed by atoms with Crippen molar-refractivity contribution >= 4 is 27.8 Å². The largest absolute Gasteiger partial charge is 0.435 e. The smallest absolute Gasteiger partial charge is 0.243 e. The number of aryl methyl sites for hydroxylation is 3. The van der Waals surface area contributed by atoms with Crippen LogP contribution in [0.4, 0.5) is 17.1 Å². The first-order valence-electron chi connectivity index (χ1n) is 10.8. The quantitative estimate of drug-likeness (QED) is 0.281. The van der Waals surface area contributed by atoms with E-state index in [4.69, 9.17) is 4.74 Å². The van der Waals surface area contributed by atoms with Crippen LogP contribution < -0.4 is 9.64 Å². The molecule has 3 nitrogen and oxygen atoms in total. The zero-order chi connectivity index (χ0) is 21.9. The van der Waals surface area contributed by atoms with Gasteiger partial charge in [-0.3, -0.25) is 0 Å². The Labute approximate surface area is 184 Å². The van der Waals surface area contributed by atoms with Gasteiger partial charge in [0.05, 0.1) is 11.4 Å². The molecule has 0 aliphatic carbocycles. The Morgan fingerprint density at radius 2 is 1.52 bits per heavy atom. The topological polar surface area (TPSA) is 25.4 Å². The normalized spacial score (nSPS) is 13.0. The molecule has 1 aliphatic rings. The number of ether oxygens (including phenoxy) is 1. The van der Waals surface area contributed by atoms with Crippen LogP contribution >= 0.6 is 0 Å². The molecule has 156 valence electrons. The third-order valence-electron chi connectivity index (χ3n) is 6.16. The Kier molecular flexibility index (Phi) is 4.33. The SMILES string of the molecule is Cc1cc2ccccc2c2c1Oc1ncccc1N2c1c(C)cc(C(C)(C)C)cc1C. The monoisotopic (exact) mass is 408 g/mol. The van der Waals surface area contributed by atoms with Gasteiger partial charge in [0, 0.05) is 11.6 Å². The number of aromatic nitrogens is 1. The summed E-state index contributed by atoms with van der Waals surface area (Å²) in [6.07, 6.45) is 1.79. The maximum atomic E-state index is 6.37. The summed E-state index contributed by atoms with van der Waals surface area (Å²) in [4.78, 5) is 6.92. The Morgan fingerprint density at radius 3 is 2.23 bits per heavy atom. The van der Waals surface area contributed by atoms with E-state index in [9.17, 15) is 0 Å². The fourth-order valence-electron chi connectivity index (χ4n) is 4.62. The maximum absolute atomic E-state index is 6.37. The van der Waals surface area contributed by atoms with Crippen molar-refractivity contribution in [2.75, 3.05) is 4.90 Å². The van der Waals surface area contributed by atoms with Gasteiger partial charge in [0.15, 0.2) is 5.75 Å². The van der Waals surface area contributed by atoms with Crippen molar-refractivity contribution in [2.45, 2.75) is 47.0 Å². The minimum atomic E-state index is 0.0969. The van der Waals surface area contributed by atoms with Gasteiger partial charge in [0.25, 0.3) is 0 Å². The lowest BCUT2D eigenvalue weighted by Crippen LogP contribution is -2.20. The summed E-state index contributed by atoms with van der Waals surface area (Å²) in [6.45, 7) is 13.3. The first kappa shape index (κ1) is 19.6. The fourth-order valence-corrected chi connectivity index (χ4v) is 4.62. The van der Waals surface area contributed by atoms with Gasteiger partial charge in [-0.25, -0.2) is 4.98 Å². The number of hydrogen-bond acceptors (Lipinski definition) is 3. The van der Waals surface area contributed by atoms with Gasteiger partial charge in [0.1, 0.15) is 5.69 Å². The van der Waals surface area contributed by atoms with Gasteiger partial charge < -0.3 is 9.64 Å². The second kappa shape index (κ2) is 6.84. The van der Waals surface area contributed by atoms with Gasteiger partial charge in [-0.2, -0.15) is 0 Å². The van der Waals surface area contributed by atoms with Gasteiger partial charge in [-0.15, -0.1) is 0 Å².